The molecule has 2 aromatic heterocycles. The number of guanidine groups is 1. The summed E-state index contributed by atoms with van der Waals surface area (Å²) in [6.07, 6.45) is 10.7. The summed E-state index contributed by atoms with van der Waals surface area (Å²) < 4.78 is 2.03. The second kappa shape index (κ2) is 8.83. The van der Waals surface area contributed by atoms with Crippen LogP contribution in [0.3, 0.4) is 0 Å². The van der Waals surface area contributed by atoms with E-state index in [4.69, 9.17) is 0 Å². The van der Waals surface area contributed by atoms with Crippen molar-refractivity contribution in [3.05, 3.63) is 30.2 Å². The van der Waals surface area contributed by atoms with Gasteiger partial charge in [0.15, 0.2) is 11.6 Å². The first-order valence-electron chi connectivity index (χ1n) is 9.56. The molecule has 2 aromatic rings. The lowest BCUT2D eigenvalue weighted by Crippen LogP contribution is -2.45. The lowest BCUT2D eigenvalue weighted by atomic mass is 9.83. The number of hydrogen-bond acceptors (Lipinski definition) is 3. The minimum Gasteiger partial charge on any atom is -0.356 e. The van der Waals surface area contributed by atoms with E-state index in [1.807, 2.05) is 35.8 Å². The van der Waals surface area contributed by atoms with E-state index < -0.39 is 0 Å². The monoisotopic (exact) mass is 342 g/mol. The Morgan fingerprint density at radius 1 is 1.24 bits per heavy atom. The molecule has 2 N–H and O–H groups in total. The number of nitrogens with zero attached hydrogens (tertiary/aromatic N) is 4. The van der Waals surface area contributed by atoms with Crippen LogP contribution in [-0.2, 0) is 6.42 Å². The fraction of sp³-hybridized carbons (Fsp3) is 0.632. The van der Waals surface area contributed by atoms with Crippen LogP contribution < -0.4 is 10.6 Å². The van der Waals surface area contributed by atoms with E-state index in [1.165, 1.54) is 38.5 Å². The van der Waals surface area contributed by atoms with Gasteiger partial charge >= 0.3 is 0 Å². The van der Waals surface area contributed by atoms with Gasteiger partial charge in [-0.3, -0.25) is 9.39 Å². The molecule has 25 heavy (non-hydrogen) atoms. The highest BCUT2D eigenvalue weighted by atomic mass is 15.2. The maximum atomic E-state index is 4.37. The summed E-state index contributed by atoms with van der Waals surface area (Å²) in [4.78, 5) is 4.37. The maximum Gasteiger partial charge on any atom is 0.191 e. The van der Waals surface area contributed by atoms with Gasteiger partial charge in [0.2, 0.25) is 0 Å². The van der Waals surface area contributed by atoms with Crippen molar-refractivity contribution in [1.82, 2.24) is 25.2 Å². The highest BCUT2D eigenvalue weighted by Crippen LogP contribution is 2.27. The van der Waals surface area contributed by atoms with Gasteiger partial charge in [-0.1, -0.05) is 25.8 Å². The highest BCUT2D eigenvalue weighted by molar-refractivity contribution is 5.79. The molecule has 6 nitrogen and oxygen atoms in total. The normalized spacial score (nSPS) is 21.4. The van der Waals surface area contributed by atoms with Crippen LogP contribution in [0.5, 0.6) is 0 Å². The van der Waals surface area contributed by atoms with Gasteiger partial charge in [-0.25, -0.2) is 0 Å². The van der Waals surface area contributed by atoms with Crippen molar-refractivity contribution < 1.29 is 0 Å². The predicted molar refractivity (Wildman–Crippen MR) is 102 cm³/mol. The van der Waals surface area contributed by atoms with E-state index in [0.29, 0.717) is 6.04 Å². The summed E-state index contributed by atoms with van der Waals surface area (Å²) in [5.41, 5.74) is 0.892. The van der Waals surface area contributed by atoms with E-state index >= 15 is 0 Å². The third kappa shape index (κ3) is 4.71. The minimum absolute atomic E-state index is 0.549. The van der Waals surface area contributed by atoms with Crippen molar-refractivity contribution >= 4 is 11.6 Å². The van der Waals surface area contributed by atoms with E-state index in [9.17, 15) is 0 Å². The van der Waals surface area contributed by atoms with E-state index in [0.717, 1.165) is 36.3 Å². The Labute approximate surface area is 150 Å². The SMILES string of the molecule is CCCC1CCC(NC(=NC)NCCc2nnc3ccccn23)CC1. The minimum atomic E-state index is 0.549. The second-order valence-corrected chi connectivity index (χ2v) is 6.94. The van der Waals surface area contributed by atoms with E-state index in [-0.39, 0.29) is 0 Å². The Morgan fingerprint density at radius 2 is 2.08 bits per heavy atom. The lowest BCUT2D eigenvalue weighted by molar-refractivity contribution is 0.295. The largest absolute Gasteiger partial charge is 0.356 e. The van der Waals surface area contributed by atoms with Crippen LogP contribution in [0, 0.1) is 5.92 Å². The predicted octanol–water partition coefficient (Wildman–Crippen LogP) is 2.80. The van der Waals surface area contributed by atoms with Crippen LogP contribution in [0.25, 0.3) is 5.65 Å². The number of fused-ring (bicyclic) bond motifs is 1. The molecule has 0 spiro atoms. The maximum absolute atomic E-state index is 4.37. The summed E-state index contributed by atoms with van der Waals surface area (Å²) in [5.74, 6) is 2.80. The van der Waals surface area contributed by atoms with Gasteiger partial charge in [0.1, 0.15) is 5.82 Å². The first kappa shape index (κ1) is 17.7. The zero-order chi connectivity index (χ0) is 17.5. The van der Waals surface area contributed by atoms with Gasteiger partial charge in [0.05, 0.1) is 0 Å². The topological polar surface area (TPSA) is 66.6 Å². The first-order chi connectivity index (χ1) is 12.3. The zero-order valence-corrected chi connectivity index (χ0v) is 15.4. The van der Waals surface area contributed by atoms with Crippen molar-refractivity contribution in [2.75, 3.05) is 13.6 Å². The van der Waals surface area contributed by atoms with Gasteiger partial charge in [-0.15, -0.1) is 10.2 Å². The molecule has 6 heteroatoms. The number of rotatable bonds is 6. The van der Waals surface area contributed by atoms with Crippen molar-refractivity contribution in [2.24, 2.45) is 10.9 Å². The summed E-state index contributed by atoms with van der Waals surface area (Å²) in [6.45, 7) is 3.08. The molecule has 0 bridgehead atoms. The van der Waals surface area contributed by atoms with Crippen molar-refractivity contribution in [3.63, 3.8) is 0 Å². The Balaban J connectivity index is 1.44. The third-order valence-electron chi connectivity index (χ3n) is 5.13. The van der Waals surface area contributed by atoms with Crippen LogP contribution in [0.4, 0.5) is 0 Å². The molecule has 0 unspecified atom stereocenters. The van der Waals surface area contributed by atoms with Gasteiger partial charge in [0, 0.05) is 32.3 Å². The Hall–Kier alpha value is -2.11. The molecule has 1 aliphatic rings. The number of aliphatic imine (C=N–C) groups is 1. The van der Waals surface area contributed by atoms with Crippen LogP contribution in [0.1, 0.15) is 51.3 Å². The molecule has 3 rings (SSSR count). The number of hydrogen-bond donors (Lipinski definition) is 2. The summed E-state index contributed by atoms with van der Waals surface area (Å²) >= 11 is 0. The molecule has 136 valence electrons. The molecule has 0 radical (unpaired) electrons. The molecule has 1 saturated carbocycles. The Kier molecular flexibility index (Phi) is 6.25. The number of nitrogens with one attached hydrogen (secondary N) is 2. The Bertz CT molecular complexity index is 684. The summed E-state index contributed by atoms with van der Waals surface area (Å²) in [7, 11) is 1.84. The zero-order valence-electron chi connectivity index (χ0n) is 15.4. The fourth-order valence-corrected chi connectivity index (χ4v) is 3.75. The smallest absolute Gasteiger partial charge is 0.191 e. The van der Waals surface area contributed by atoms with Crippen molar-refractivity contribution in [1.29, 1.82) is 0 Å². The number of pyridine rings is 1. The number of aromatic nitrogens is 3. The van der Waals surface area contributed by atoms with Crippen molar-refractivity contribution in [2.45, 2.75) is 57.9 Å². The van der Waals surface area contributed by atoms with E-state index in [1.54, 1.807) is 0 Å². The fourth-order valence-electron chi connectivity index (χ4n) is 3.75. The van der Waals surface area contributed by atoms with E-state index in [2.05, 4.69) is 32.7 Å². The average Bonchev–Trinajstić information content (AvgIpc) is 3.06. The highest BCUT2D eigenvalue weighted by Gasteiger charge is 2.21. The molecule has 0 saturated heterocycles. The third-order valence-corrected chi connectivity index (χ3v) is 5.13. The average molecular weight is 342 g/mol. The quantitative estimate of drug-likeness (QED) is 0.626. The lowest BCUT2D eigenvalue weighted by Gasteiger charge is -2.30. The molecule has 1 aliphatic carbocycles. The molecular formula is C19H30N6. The van der Waals surface area contributed by atoms with Gasteiger partial charge in [0.25, 0.3) is 0 Å². The van der Waals surface area contributed by atoms with Crippen molar-refractivity contribution in [3.8, 4) is 0 Å². The van der Waals surface area contributed by atoms with Crippen LogP contribution >= 0.6 is 0 Å². The molecule has 0 aliphatic heterocycles. The Morgan fingerprint density at radius 3 is 2.84 bits per heavy atom. The molecule has 0 amide bonds. The van der Waals surface area contributed by atoms with Crippen LogP contribution in [-0.4, -0.2) is 40.2 Å². The van der Waals surface area contributed by atoms with Gasteiger partial charge in [-0.05, 0) is 43.7 Å². The molecule has 1 fully saturated rings. The van der Waals surface area contributed by atoms with Crippen LogP contribution in [0.2, 0.25) is 0 Å². The second-order valence-electron chi connectivity index (χ2n) is 6.94. The summed E-state index contributed by atoms with van der Waals surface area (Å²) in [5, 5.41) is 15.5. The molecule has 2 heterocycles. The standard InChI is InChI=1S/C19H30N6/c1-3-6-15-8-10-16(11-9-15)22-19(20-2)21-13-12-18-24-23-17-7-4-5-14-25(17)18/h4-5,7,14-16H,3,6,8-13H2,1-2H3,(H2,20,21,22). The molecular weight excluding hydrogens is 312 g/mol. The van der Waals surface area contributed by atoms with Crippen LogP contribution in [0.15, 0.2) is 29.4 Å². The molecule has 0 atom stereocenters. The summed E-state index contributed by atoms with van der Waals surface area (Å²) in [6, 6.07) is 6.50. The van der Waals surface area contributed by atoms with Gasteiger partial charge < -0.3 is 10.6 Å². The van der Waals surface area contributed by atoms with Gasteiger partial charge in [-0.2, -0.15) is 0 Å². The molecule has 0 aromatic carbocycles. The first-order valence-corrected chi connectivity index (χ1v) is 9.56.